The summed E-state index contributed by atoms with van der Waals surface area (Å²) in [5, 5.41) is 11.1. The van der Waals surface area contributed by atoms with Crippen molar-refractivity contribution >= 4 is 5.82 Å². The van der Waals surface area contributed by atoms with Gasteiger partial charge < -0.3 is 5.32 Å². The molecule has 14 heavy (non-hydrogen) atoms. The number of hydrogen-bond acceptors (Lipinski definition) is 2. The molecule has 1 aromatic rings. The molecule has 0 bridgehead atoms. The van der Waals surface area contributed by atoms with Crippen molar-refractivity contribution in [3.8, 4) is 0 Å². The molecule has 1 aromatic heterocycles. The van der Waals surface area contributed by atoms with Gasteiger partial charge in [-0.05, 0) is 32.1 Å². The van der Waals surface area contributed by atoms with Crippen LogP contribution in [0.4, 0.5) is 5.82 Å². The third-order valence-corrected chi connectivity index (χ3v) is 3.46. The van der Waals surface area contributed by atoms with Gasteiger partial charge >= 0.3 is 0 Å². The maximum atomic E-state index is 4.38. The zero-order chi connectivity index (χ0) is 9.54. The highest BCUT2D eigenvalue weighted by molar-refractivity contribution is 5.51. The Morgan fingerprint density at radius 3 is 3.00 bits per heavy atom. The number of hydrogen-bond donors (Lipinski definition) is 2. The van der Waals surface area contributed by atoms with Gasteiger partial charge in [-0.25, -0.2) is 0 Å². The Labute approximate surface area is 84.3 Å². The van der Waals surface area contributed by atoms with E-state index in [0.717, 1.165) is 11.7 Å². The minimum atomic E-state index is 0.711. The quantitative estimate of drug-likeness (QED) is 0.770. The number of anilines is 1. The first-order valence-corrected chi connectivity index (χ1v) is 5.72. The molecule has 1 fully saturated rings. The second-order valence-corrected chi connectivity index (χ2v) is 4.53. The second-order valence-electron chi connectivity index (χ2n) is 4.53. The second kappa shape index (κ2) is 3.01. The Hall–Kier alpha value is -0.990. The van der Waals surface area contributed by atoms with Gasteiger partial charge in [0.2, 0.25) is 0 Å². The van der Waals surface area contributed by atoms with Crippen molar-refractivity contribution in [3.05, 3.63) is 11.3 Å². The van der Waals surface area contributed by atoms with E-state index in [0.29, 0.717) is 6.04 Å². The van der Waals surface area contributed by atoms with E-state index in [1.807, 2.05) is 0 Å². The molecule has 3 heteroatoms. The Morgan fingerprint density at radius 1 is 1.43 bits per heavy atom. The summed E-state index contributed by atoms with van der Waals surface area (Å²) in [5.41, 5.74) is 2.86. The van der Waals surface area contributed by atoms with E-state index in [4.69, 9.17) is 0 Å². The highest BCUT2D eigenvalue weighted by Crippen LogP contribution is 2.38. The SMILES string of the molecule is CCC1CCc2c(NC3CC3)n[nH]c21. The summed E-state index contributed by atoms with van der Waals surface area (Å²) in [5.74, 6) is 1.87. The molecule has 2 aliphatic carbocycles. The molecule has 0 spiro atoms. The van der Waals surface area contributed by atoms with Gasteiger partial charge in [-0.2, -0.15) is 5.10 Å². The van der Waals surface area contributed by atoms with Gasteiger partial charge in [0.15, 0.2) is 5.82 Å². The maximum Gasteiger partial charge on any atom is 0.151 e. The third kappa shape index (κ3) is 1.22. The number of aromatic nitrogens is 2. The topological polar surface area (TPSA) is 40.7 Å². The number of fused-ring (bicyclic) bond motifs is 1. The molecule has 0 amide bonds. The van der Waals surface area contributed by atoms with E-state index < -0.39 is 0 Å². The van der Waals surface area contributed by atoms with Crippen molar-refractivity contribution in [1.82, 2.24) is 10.2 Å². The summed E-state index contributed by atoms with van der Waals surface area (Å²) < 4.78 is 0. The number of H-pyrrole nitrogens is 1. The van der Waals surface area contributed by atoms with Crippen molar-refractivity contribution < 1.29 is 0 Å². The van der Waals surface area contributed by atoms with E-state index in [9.17, 15) is 0 Å². The first-order valence-electron chi connectivity index (χ1n) is 5.72. The summed E-state index contributed by atoms with van der Waals surface area (Å²) in [7, 11) is 0. The van der Waals surface area contributed by atoms with Gasteiger partial charge in [0.1, 0.15) is 0 Å². The molecule has 0 aliphatic heterocycles. The molecule has 1 heterocycles. The zero-order valence-electron chi connectivity index (χ0n) is 8.64. The molecule has 3 rings (SSSR count). The summed E-state index contributed by atoms with van der Waals surface area (Å²) >= 11 is 0. The molecule has 0 saturated heterocycles. The van der Waals surface area contributed by atoms with Crippen LogP contribution in [0, 0.1) is 0 Å². The van der Waals surface area contributed by atoms with Crippen LogP contribution < -0.4 is 5.32 Å². The van der Waals surface area contributed by atoms with Gasteiger partial charge in [-0.15, -0.1) is 0 Å². The van der Waals surface area contributed by atoms with Crippen molar-refractivity contribution in [2.45, 2.75) is 51.0 Å². The summed E-state index contributed by atoms with van der Waals surface area (Å²) in [6.07, 6.45) is 6.38. The smallest absolute Gasteiger partial charge is 0.151 e. The van der Waals surface area contributed by atoms with Crippen LogP contribution in [-0.2, 0) is 6.42 Å². The van der Waals surface area contributed by atoms with Crippen LogP contribution in [0.5, 0.6) is 0 Å². The van der Waals surface area contributed by atoms with Crippen LogP contribution in [0.15, 0.2) is 0 Å². The number of rotatable bonds is 3. The van der Waals surface area contributed by atoms with Gasteiger partial charge in [-0.3, -0.25) is 5.10 Å². The first kappa shape index (κ1) is 8.33. The predicted molar refractivity (Wildman–Crippen MR) is 56.6 cm³/mol. The van der Waals surface area contributed by atoms with Gasteiger partial charge in [-0.1, -0.05) is 6.92 Å². The lowest BCUT2D eigenvalue weighted by Crippen LogP contribution is -2.02. The van der Waals surface area contributed by atoms with Crippen LogP contribution >= 0.6 is 0 Å². The van der Waals surface area contributed by atoms with Crippen LogP contribution in [0.1, 0.15) is 49.8 Å². The minimum absolute atomic E-state index is 0.711. The van der Waals surface area contributed by atoms with E-state index >= 15 is 0 Å². The van der Waals surface area contributed by atoms with Gasteiger partial charge in [0.05, 0.1) is 0 Å². The lowest BCUT2D eigenvalue weighted by atomic mass is 10.1. The Bertz CT molecular complexity index is 338. The van der Waals surface area contributed by atoms with Crippen LogP contribution in [0.3, 0.4) is 0 Å². The fourth-order valence-electron chi connectivity index (χ4n) is 2.38. The van der Waals surface area contributed by atoms with Crippen LogP contribution in [-0.4, -0.2) is 16.2 Å². The molecule has 2 N–H and O–H groups in total. The predicted octanol–water partition coefficient (Wildman–Crippen LogP) is 2.42. The Morgan fingerprint density at radius 2 is 2.29 bits per heavy atom. The molecular weight excluding hydrogens is 174 g/mol. The maximum absolute atomic E-state index is 4.38. The van der Waals surface area contributed by atoms with Crippen molar-refractivity contribution in [2.75, 3.05) is 5.32 Å². The molecule has 1 saturated carbocycles. The van der Waals surface area contributed by atoms with Crippen molar-refractivity contribution in [1.29, 1.82) is 0 Å². The van der Waals surface area contributed by atoms with Crippen molar-refractivity contribution in [2.24, 2.45) is 0 Å². The fourth-order valence-corrected chi connectivity index (χ4v) is 2.38. The van der Waals surface area contributed by atoms with E-state index in [1.54, 1.807) is 0 Å². The molecular formula is C11H17N3. The highest BCUT2D eigenvalue weighted by Gasteiger charge is 2.29. The molecule has 3 nitrogen and oxygen atoms in total. The Kier molecular flexibility index (Phi) is 1.79. The Balaban J connectivity index is 1.85. The van der Waals surface area contributed by atoms with Crippen LogP contribution in [0.25, 0.3) is 0 Å². The van der Waals surface area contributed by atoms with Crippen molar-refractivity contribution in [3.63, 3.8) is 0 Å². The molecule has 0 radical (unpaired) electrons. The molecule has 0 aromatic carbocycles. The lowest BCUT2D eigenvalue weighted by molar-refractivity contribution is 0.634. The lowest BCUT2D eigenvalue weighted by Gasteiger charge is -2.02. The largest absolute Gasteiger partial charge is 0.366 e. The number of nitrogens with one attached hydrogen (secondary N) is 2. The monoisotopic (exact) mass is 191 g/mol. The minimum Gasteiger partial charge on any atom is -0.366 e. The normalized spacial score (nSPS) is 25.1. The zero-order valence-corrected chi connectivity index (χ0v) is 8.64. The average molecular weight is 191 g/mol. The summed E-state index contributed by atoms with van der Waals surface area (Å²) in [4.78, 5) is 0. The average Bonchev–Trinajstić information content (AvgIpc) is 2.78. The molecule has 1 atom stereocenters. The summed E-state index contributed by atoms with van der Waals surface area (Å²) in [6.45, 7) is 2.26. The van der Waals surface area contributed by atoms with E-state index in [1.165, 1.54) is 43.4 Å². The first-order chi connectivity index (χ1) is 6.88. The fraction of sp³-hybridized carbons (Fsp3) is 0.727. The number of aromatic amines is 1. The summed E-state index contributed by atoms with van der Waals surface area (Å²) in [6, 6.07) is 0.711. The standard InChI is InChI=1S/C11H17N3/c1-2-7-3-6-9-10(7)13-14-11(9)12-8-4-5-8/h7-8H,2-6H2,1H3,(H2,12,13,14). The van der Waals surface area contributed by atoms with Gasteiger partial charge in [0, 0.05) is 23.2 Å². The van der Waals surface area contributed by atoms with Gasteiger partial charge in [0.25, 0.3) is 0 Å². The van der Waals surface area contributed by atoms with E-state index in [2.05, 4.69) is 22.4 Å². The third-order valence-electron chi connectivity index (χ3n) is 3.46. The highest BCUT2D eigenvalue weighted by atomic mass is 15.2. The molecule has 1 unspecified atom stereocenters. The number of nitrogens with zero attached hydrogens (tertiary/aromatic N) is 1. The van der Waals surface area contributed by atoms with Crippen LogP contribution in [0.2, 0.25) is 0 Å². The molecule has 76 valence electrons. The van der Waals surface area contributed by atoms with E-state index in [-0.39, 0.29) is 0 Å². The molecule has 2 aliphatic rings.